The van der Waals surface area contributed by atoms with Crippen LogP contribution in [0.15, 0.2) is 0 Å². The molecule has 0 amide bonds. The van der Waals surface area contributed by atoms with E-state index in [9.17, 15) is 0 Å². The molecule has 17 heavy (non-hydrogen) atoms. The summed E-state index contributed by atoms with van der Waals surface area (Å²) >= 11 is 0. The number of hydrogen-bond donors (Lipinski definition) is 0. The maximum absolute atomic E-state index is 2.36. The van der Waals surface area contributed by atoms with E-state index in [1.54, 1.807) is 0 Å². The van der Waals surface area contributed by atoms with Crippen LogP contribution in [-0.2, 0) is 16.5 Å². The smallest absolute Gasteiger partial charge is 0 e. The summed E-state index contributed by atoms with van der Waals surface area (Å²) < 4.78 is 0. The van der Waals surface area contributed by atoms with Crippen LogP contribution in [0.4, 0.5) is 0 Å². The van der Waals surface area contributed by atoms with Gasteiger partial charge in [-0.3, -0.25) is 0 Å². The minimum atomic E-state index is 0. The molecule has 0 spiro atoms. The van der Waals surface area contributed by atoms with Crippen LogP contribution >= 0.6 is 31.7 Å². The second-order valence-corrected chi connectivity index (χ2v) is 15.6. The van der Waals surface area contributed by atoms with Gasteiger partial charge >= 0.3 is 0 Å². The molecule has 5 heteroatoms. The van der Waals surface area contributed by atoms with Gasteiger partial charge in [0.05, 0.1) is 0 Å². The Hall–Kier alpha value is 2.21. The number of hydrogen-bond acceptors (Lipinski definition) is 0. The van der Waals surface area contributed by atoms with E-state index in [4.69, 9.17) is 0 Å². The maximum Gasteiger partial charge on any atom is 0 e. The van der Waals surface area contributed by atoms with Crippen molar-refractivity contribution in [1.82, 2.24) is 0 Å². The second-order valence-electron chi connectivity index (χ2n) is 5.21. The second kappa shape index (κ2) is 16.3. The van der Waals surface area contributed by atoms with Crippen molar-refractivity contribution in [3.63, 3.8) is 0 Å². The fourth-order valence-corrected chi connectivity index (χ4v) is 7.20. The van der Waals surface area contributed by atoms with Crippen LogP contribution in [0.1, 0.15) is 0 Å². The molecule has 0 rings (SSSR count). The van der Waals surface area contributed by atoms with Crippen LogP contribution in [0.2, 0.25) is 0 Å². The molecule has 0 aliphatic heterocycles. The van der Waals surface area contributed by atoms with Crippen LogP contribution in [-0.4, -0.2) is 78.0 Å². The van der Waals surface area contributed by atoms with Crippen molar-refractivity contribution in [3.8, 4) is 0 Å². The van der Waals surface area contributed by atoms with Crippen LogP contribution in [0.5, 0.6) is 0 Å². The first-order valence-corrected chi connectivity index (χ1v) is 15.5. The standard InChI is InChI=1S/2C6H16P2.Ni/c2*1-7(2)5-6-8(3)4;/h2*5-6H2,1-4H3;. The van der Waals surface area contributed by atoms with E-state index in [0.29, 0.717) is 31.7 Å². The summed E-state index contributed by atoms with van der Waals surface area (Å²) in [6, 6.07) is 0. The molecule has 0 aromatic carbocycles. The van der Waals surface area contributed by atoms with Gasteiger partial charge in [-0.15, -0.1) is 31.7 Å². The van der Waals surface area contributed by atoms with E-state index in [2.05, 4.69) is 53.3 Å². The van der Waals surface area contributed by atoms with Gasteiger partial charge < -0.3 is 0 Å². The van der Waals surface area contributed by atoms with Crippen molar-refractivity contribution in [3.05, 3.63) is 0 Å². The van der Waals surface area contributed by atoms with Gasteiger partial charge in [0.15, 0.2) is 0 Å². The summed E-state index contributed by atoms with van der Waals surface area (Å²) in [6.07, 6.45) is 5.92. The van der Waals surface area contributed by atoms with Gasteiger partial charge in [-0.1, -0.05) is 0 Å². The predicted molar refractivity (Wildman–Crippen MR) is 94.5 cm³/mol. The van der Waals surface area contributed by atoms with Crippen molar-refractivity contribution in [1.29, 1.82) is 0 Å². The molecule has 0 unspecified atom stereocenters. The quantitative estimate of drug-likeness (QED) is 0.466. The SMILES string of the molecule is CP(C)CCP(C)C.CP(C)CCP(C)C.[Ni]. The average molecular weight is 359 g/mol. The van der Waals surface area contributed by atoms with E-state index in [-0.39, 0.29) is 16.5 Å². The third-order valence-electron chi connectivity index (χ3n) is 1.99. The third kappa shape index (κ3) is 32.1. The summed E-state index contributed by atoms with van der Waals surface area (Å²) in [5.41, 5.74) is 0. The van der Waals surface area contributed by atoms with E-state index in [1.807, 2.05) is 0 Å². The molecule has 0 aromatic heterocycles. The van der Waals surface area contributed by atoms with E-state index in [1.165, 1.54) is 24.6 Å². The first kappa shape index (κ1) is 24.2. The topological polar surface area (TPSA) is 0 Å². The Morgan fingerprint density at radius 1 is 0.412 bits per heavy atom. The molecule has 0 saturated heterocycles. The molecule has 0 aliphatic rings. The van der Waals surface area contributed by atoms with Gasteiger partial charge in [-0.25, -0.2) is 0 Å². The Balaban J connectivity index is -0.000000218. The third-order valence-corrected chi connectivity index (χ3v) is 7.17. The predicted octanol–water partition coefficient (Wildman–Crippen LogP) is 4.94. The van der Waals surface area contributed by atoms with Crippen molar-refractivity contribution in [2.75, 3.05) is 78.0 Å². The summed E-state index contributed by atoms with van der Waals surface area (Å²) in [4.78, 5) is 0. The van der Waals surface area contributed by atoms with Crippen molar-refractivity contribution >= 4 is 31.7 Å². The Bertz CT molecular complexity index is 106. The van der Waals surface area contributed by atoms with Crippen molar-refractivity contribution < 1.29 is 16.5 Å². The molecule has 0 atom stereocenters. The largest absolute Gasteiger partial charge is 0.113 e. The molecule has 0 saturated carbocycles. The minimum Gasteiger partial charge on any atom is -0.113 e. The zero-order valence-corrected chi connectivity index (χ0v) is 17.5. The normalized spacial score (nSPS) is 10.6. The Morgan fingerprint density at radius 3 is 0.588 bits per heavy atom. The molecule has 0 N–H and O–H groups in total. The monoisotopic (exact) mass is 358 g/mol. The van der Waals surface area contributed by atoms with Crippen LogP contribution < -0.4 is 0 Å². The van der Waals surface area contributed by atoms with Crippen LogP contribution in [0, 0.1) is 0 Å². The maximum atomic E-state index is 2.36. The molecular weight excluding hydrogens is 327 g/mol. The van der Waals surface area contributed by atoms with Gasteiger partial charge in [-0.2, -0.15) is 0 Å². The number of rotatable bonds is 6. The van der Waals surface area contributed by atoms with Crippen LogP contribution in [0.25, 0.3) is 0 Å². The molecule has 0 bridgehead atoms. The first-order chi connectivity index (χ1) is 7.25. The fraction of sp³-hybridized carbons (Fsp3) is 1.00. The summed E-state index contributed by atoms with van der Waals surface area (Å²) in [6.45, 7) is 18.8. The van der Waals surface area contributed by atoms with E-state index >= 15 is 0 Å². The molecule has 110 valence electrons. The van der Waals surface area contributed by atoms with Crippen LogP contribution in [0.3, 0.4) is 0 Å². The summed E-state index contributed by atoms with van der Waals surface area (Å²) in [7, 11) is 1.53. The molecular formula is C12H32NiP4. The fourth-order valence-electron chi connectivity index (χ4n) is 0.800. The molecule has 0 nitrogen and oxygen atoms in total. The molecule has 0 heterocycles. The van der Waals surface area contributed by atoms with Crippen molar-refractivity contribution in [2.45, 2.75) is 0 Å². The van der Waals surface area contributed by atoms with E-state index < -0.39 is 0 Å². The summed E-state index contributed by atoms with van der Waals surface area (Å²) in [5, 5.41) is 0. The zero-order chi connectivity index (χ0) is 13.1. The molecule has 0 fully saturated rings. The summed E-state index contributed by atoms with van der Waals surface area (Å²) in [5.74, 6) is 0. The molecule has 0 radical (unpaired) electrons. The molecule has 0 aliphatic carbocycles. The van der Waals surface area contributed by atoms with Gasteiger partial charge in [-0.05, 0) is 78.0 Å². The molecule has 0 aromatic rings. The van der Waals surface area contributed by atoms with Gasteiger partial charge in [0.2, 0.25) is 0 Å². The first-order valence-electron chi connectivity index (χ1n) is 5.84. The Kier molecular flexibility index (Phi) is 23.2. The van der Waals surface area contributed by atoms with Crippen molar-refractivity contribution in [2.24, 2.45) is 0 Å². The average Bonchev–Trinajstić information content (AvgIpc) is 2.12. The van der Waals surface area contributed by atoms with Gasteiger partial charge in [0.25, 0.3) is 0 Å². The Morgan fingerprint density at radius 2 is 0.529 bits per heavy atom. The zero-order valence-electron chi connectivity index (χ0n) is 12.9. The van der Waals surface area contributed by atoms with E-state index in [0.717, 1.165) is 0 Å². The minimum absolute atomic E-state index is 0. The Labute approximate surface area is 126 Å². The van der Waals surface area contributed by atoms with Gasteiger partial charge in [0.1, 0.15) is 0 Å². The van der Waals surface area contributed by atoms with Gasteiger partial charge in [0, 0.05) is 16.5 Å².